The number of carbonyl (C=O) groups is 2. The minimum atomic E-state index is -1.82. The van der Waals surface area contributed by atoms with Crippen molar-refractivity contribution >= 4 is 11.8 Å². The van der Waals surface area contributed by atoms with Gasteiger partial charge in [0, 0.05) is 32.0 Å². The van der Waals surface area contributed by atoms with Gasteiger partial charge in [-0.2, -0.15) is 0 Å². The lowest BCUT2D eigenvalue weighted by molar-refractivity contribution is -0.347. The number of aromatic nitrogens is 2. The van der Waals surface area contributed by atoms with Gasteiger partial charge in [-0.15, -0.1) is 0 Å². The molecule has 0 spiro atoms. The second kappa shape index (κ2) is 22.7. The average Bonchev–Trinajstić information content (AvgIpc) is 3.46. The fourth-order valence-corrected chi connectivity index (χ4v) is 7.68. The highest BCUT2D eigenvalue weighted by Crippen LogP contribution is 2.34. The van der Waals surface area contributed by atoms with E-state index >= 15 is 0 Å². The molecule has 3 aliphatic rings. The molecule has 0 radical (unpaired) electrons. The van der Waals surface area contributed by atoms with Crippen LogP contribution in [-0.4, -0.2) is 155 Å². The summed E-state index contributed by atoms with van der Waals surface area (Å²) in [7, 11) is 0. The molecule has 0 unspecified atom stereocenters. The number of aliphatic hydroxyl groups excluding tert-OH is 8. The topological polar surface area (TPSA) is 312 Å². The monoisotopic (exact) mass is 832 g/mol. The molecular formula is C38H64N4O16. The number of nitrogens with zero attached hydrogens (tertiary/aromatic N) is 1. The van der Waals surface area contributed by atoms with E-state index in [1.165, 1.54) is 25.7 Å². The van der Waals surface area contributed by atoms with Crippen LogP contribution in [0.3, 0.4) is 0 Å². The lowest BCUT2D eigenvalue weighted by Gasteiger charge is -2.47. The highest BCUT2D eigenvalue weighted by Gasteiger charge is 2.53. The summed E-state index contributed by atoms with van der Waals surface area (Å²) in [5, 5.41) is 91.5. The number of nitrogens with one attached hydrogen (secondary N) is 3. The van der Waals surface area contributed by atoms with Crippen LogP contribution in [0.15, 0.2) is 21.9 Å². The zero-order chi connectivity index (χ0) is 42.7. The standard InChI is InChI=1S/C38H64N4O16/c1-19(2)13-11-9-7-5-4-6-8-10-12-14-24(46)40-27-31(51)28(48)22(55-37(27)58-36-26(39-20(3)44)30(50)29(49)23(18-43)56-36)17-21(45)34-32(52)33(53)35(57-34)42-16-15-25(47)41-38(42)54/h15-16,19,21-23,26-37,43,45,48-53H,4-14,17-18H2,1-3H3,(H,39,44)(H,40,46)(H,41,47,54)/t21-,22-,23-,26-,27-,28+,29-,30-,31-,32+,33-,34-,35-,36-,37+/m1/s1. The maximum Gasteiger partial charge on any atom is 0.330 e. The molecule has 0 aliphatic carbocycles. The van der Waals surface area contributed by atoms with Crippen molar-refractivity contribution in [3.05, 3.63) is 33.1 Å². The molecule has 4 rings (SSSR count). The number of H-pyrrole nitrogens is 1. The molecule has 20 heteroatoms. The Balaban J connectivity index is 1.44. The van der Waals surface area contributed by atoms with E-state index in [0.717, 1.165) is 55.9 Å². The molecule has 332 valence electrons. The van der Waals surface area contributed by atoms with Gasteiger partial charge in [-0.05, 0) is 12.3 Å². The first-order chi connectivity index (χ1) is 27.5. The molecule has 58 heavy (non-hydrogen) atoms. The van der Waals surface area contributed by atoms with E-state index in [0.29, 0.717) is 12.3 Å². The minimum Gasteiger partial charge on any atom is -0.394 e. The third-order valence-corrected chi connectivity index (χ3v) is 11.0. The number of amides is 2. The van der Waals surface area contributed by atoms with E-state index in [-0.39, 0.29) is 6.42 Å². The molecule has 0 bridgehead atoms. The van der Waals surface area contributed by atoms with E-state index < -0.39 is 128 Å². The summed E-state index contributed by atoms with van der Waals surface area (Å²) in [6.07, 6.45) is -10.6. The Labute approximate surface area is 336 Å². The predicted octanol–water partition coefficient (Wildman–Crippen LogP) is -2.25. The number of hydrogen-bond acceptors (Lipinski definition) is 16. The molecule has 3 fully saturated rings. The number of aliphatic hydroxyl groups is 8. The van der Waals surface area contributed by atoms with Crippen LogP contribution in [0.4, 0.5) is 0 Å². The second-order valence-electron chi connectivity index (χ2n) is 16.1. The van der Waals surface area contributed by atoms with Crippen molar-refractivity contribution in [1.82, 2.24) is 20.2 Å². The third kappa shape index (κ3) is 12.8. The van der Waals surface area contributed by atoms with Gasteiger partial charge in [0.2, 0.25) is 11.8 Å². The summed E-state index contributed by atoms with van der Waals surface area (Å²) in [6, 6.07) is -1.94. The first kappa shape index (κ1) is 47.8. The smallest absolute Gasteiger partial charge is 0.330 e. The summed E-state index contributed by atoms with van der Waals surface area (Å²) in [6.45, 7) is 4.81. The van der Waals surface area contributed by atoms with Gasteiger partial charge in [0.15, 0.2) is 18.8 Å². The molecule has 4 heterocycles. The predicted molar refractivity (Wildman–Crippen MR) is 203 cm³/mol. The average molecular weight is 833 g/mol. The normalized spacial score (nSPS) is 34.6. The number of aromatic amines is 1. The van der Waals surface area contributed by atoms with Crippen molar-refractivity contribution in [2.45, 2.75) is 190 Å². The zero-order valence-corrected chi connectivity index (χ0v) is 33.4. The van der Waals surface area contributed by atoms with Gasteiger partial charge in [0.05, 0.1) is 18.8 Å². The van der Waals surface area contributed by atoms with E-state index in [9.17, 15) is 60.0 Å². The van der Waals surface area contributed by atoms with Crippen LogP contribution in [0.25, 0.3) is 0 Å². The van der Waals surface area contributed by atoms with Gasteiger partial charge in [0.25, 0.3) is 5.56 Å². The Morgan fingerprint density at radius 3 is 1.90 bits per heavy atom. The second-order valence-corrected chi connectivity index (χ2v) is 16.1. The fourth-order valence-electron chi connectivity index (χ4n) is 7.68. The zero-order valence-electron chi connectivity index (χ0n) is 33.4. The molecule has 0 saturated carbocycles. The Morgan fingerprint density at radius 1 is 0.776 bits per heavy atom. The third-order valence-electron chi connectivity index (χ3n) is 11.0. The molecular weight excluding hydrogens is 768 g/mol. The molecule has 15 atom stereocenters. The maximum absolute atomic E-state index is 13.2. The number of carbonyl (C=O) groups excluding carboxylic acids is 2. The maximum atomic E-state index is 13.2. The Hall–Kier alpha value is -2.86. The van der Waals surface area contributed by atoms with E-state index in [1.54, 1.807) is 0 Å². The highest BCUT2D eigenvalue weighted by atomic mass is 16.8. The van der Waals surface area contributed by atoms with Crippen LogP contribution >= 0.6 is 0 Å². The lowest BCUT2D eigenvalue weighted by Crippen LogP contribution is -2.69. The van der Waals surface area contributed by atoms with Crippen LogP contribution in [0.5, 0.6) is 0 Å². The van der Waals surface area contributed by atoms with Crippen LogP contribution < -0.4 is 21.9 Å². The number of rotatable bonds is 21. The largest absolute Gasteiger partial charge is 0.394 e. The van der Waals surface area contributed by atoms with Crippen molar-refractivity contribution in [2.75, 3.05) is 6.61 Å². The quantitative estimate of drug-likeness (QED) is 0.0583. The van der Waals surface area contributed by atoms with Gasteiger partial charge in [-0.1, -0.05) is 71.6 Å². The summed E-state index contributed by atoms with van der Waals surface area (Å²) in [5.74, 6) is -0.444. The summed E-state index contributed by atoms with van der Waals surface area (Å²) < 4.78 is 24.2. The minimum absolute atomic E-state index is 0.0636. The van der Waals surface area contributed by atoms with Crippen LogP contribution in [0.2, 0.25) is 0 Å². The van der Waals surface area contributed by atoms with Gasteiger partial charge < -0.3 is 70.4 Å². The Bertz CT molecular complexity index is 1550. The van der Waals surface area contributed by atoms with E-state index in [1.807, 2.05) is 4.98 Å². The van der Waals surface area contributed by atoms with Gasteiger partial charge in [-0.25, -0.2) is 4.79 Å². The summed E-state index contributed by atoms with van der Waals surface area (Å²) in [5.41, 5.74) is -1.68. The highest BCUT2D eigenvalue weighted by molar-refractivity contribution is 5.76. The Kier molecular flexibility index (Phi) is 18.7. The molecule has 3 aliphatic heterocycles. The molecule has 0 aromatic carbocycles. The van der Waals surface area contributed by atoms with Gasteiger partial charge in [0.1, 0.15) is 60.9 Å². The number of unbranched alkanes of at least 4 members (excludes halogenated alkanes) is 8. The molecule has 2 amide bonds. The van der Waals surface area contributed by atoms with E-state index in [2.05, 4.69) is 24.5 Å². The Morgan fingerprint density at radius 2 is 1.33 bits per heavy atom. The summed E-state index contributed by atoms with van der Waals surface area (Å²) >= 11 is 0. The van der Waals surface area contributed by atoms with Crippen LogP contribution in [-0.2, 0) is 28.5 Å². The van der Waals surface area contributed by atoms with Crippen LogP contribution in [0, 0.1) is 5.92 Å². The number of hydrogen-bond donors (Lipinski definition) is 11. The SMILES string of the molecule is CC(=O)N[C@H]1[C@@H](O[C@@H]2O[C@H](C[C@@H](O)[C@H]3O[C@@H](n4ccc(=O)[nH]c4=O)[C@H](O)[C@@H]3O)[C@H](O)[C@H](O)[C@H]2NC(=O)CCCCCCCCCCCC(C)C)O[C@H](CO)[C@@H](O)[C@@H]1O. The van der Waals surface area contributed by atoms with Gasteiger partial charge in [-0.3, -0.25) is 23.9 Å². The molecule has 1 aromatic heterocycles. The van der Waals surface area contributed by atoms with Crippen molar-refractivity contribution in [2.24, 2.45) is 5.92 Å². The van der Waals surface area contributed by atoms with Crippen LogP contribution in [0.1, 0.15) is 104 Å². The van der Waals surface area contributed by atoms with Crippen molar-refractivity contribution in [3.8, 4) is 0 Å². The van der Waals surface area contributed by atoms with Gasteiger partial charge >= 0.3 is 5.69 Å². The molecule has 1 aromatic rings. The fraction of sp³-hybridized carbons (Fsp3) is 0.842. The first-order valence-corrected chi connectivity index (χ1v) is 20.4. The van der Waals surface area contributed by atoms with E-state index in [4.69, 9.17) is 18.9 Å². The molecule has 11 N–H and O–H groups in total. The molecule has 20 nitrogen and oxygen atoms in total. The van der Waals surface area contributed by atoms with Crippen molar-refractivity contribution < 1.29 is 69.4 Å². The van der Waals surface area contributed by atoms with Crippen molar-refractivity contribution in [1.29, 1.82) is 0 Å². The lowest BCUT2D eigenvalue weighted by atomic mass is 9.91. The molecule has 3 saturated heterocycles. The number of ether oxygens (including phenoxy) is 4. The van der Waals surface area contributed by atoms with Crippen molar-refractivity contribution in [3.63, 3.8) is 0 Å². The first-order valence-electron chi connectivity index (χ1n) is 20.4. The summed E-state index contributed by atoms with van der Waals surface area (Å²) in [4.78, 5) is 51.2.